The van der Waals surface area contributed by atoms with Crippen LogP contribution in [-0.2, 0) is 6.42 Å². The summed E-state index contributed by atoms with van der Waals surface area (Å²) in [5.74, 6) is -0.0751. The summed E-state index contributed by atoms with van der Waals surface area (Å²) >= 11 is 1.59. The van der Waals surface area contributed by atoms with Crippen molar-refractivity contribution in [1.29, 1.82) is 0 Å². The summed E-state index contributed by atoms with van der Waals surface area (Å²) in [5, 5.41) is 3.06. The van der Waals surface area contributed by atoms with Crippen molar-refractivity contribution >= 4 is 33.1 Å². The Kier molecular flexibility index (Phi) is 3.57. The van der Waals surface area contributed by atoms with Crippen LogP contribution in [0.3, 0.4) is 0 Å². The third-order valence-electron chi connectivity index (χ3n) is 5.39. The van der Waals surface area contributed by atoms with Crippen LogP contribution in [0.1, 0.15) is 40.4 Å². The highest BCUT2D eigenvalue weighted by atomic mass is 32.1. The normalized spacial score (nSPS) is 19.6. The van der Waals surface area contributed by atoms with Crippen molar-refractivity contribution in [3.05, 3.63) is 58.6 Å². The fourth-order valence-corrected chi connectivity index (χ4v) is 4.78. The Morgan fingerprint density at radius 2 is 2.16 bits per heavy atom. The van der Waals surface area contributed by atoms with Crippen molar-refractivity contribution in [3.8, 4) is 0 Å². The molecule has 126 valence electrons. The Labute approximate surface area is 150 Å². The second-order valence-corrected chi connectivity index (χ2v) is 7.73. The fraction of sp³-hybridized carbons (Fsp3) is 0.300. The van der Waals surface area contributed by atoms with E-state index in [9.17, 15) is 4.79 Å². The number of carbonyl (C=O) groups excluding carboxylic acids is 1. The summed E-state index contributed by atoms with van der Waals surface area (Å²) in [4.78, 5) is 19.5. The number of carbonyl (C=O) groups is 1. The number of fused-ring (bicyclic) bond motifs is 4. The number of anilines is 1. The monoisotopic (exact) mass is 349 g/mol. The zero-order valence-electron chi connectivity index (χ0n) is 13.9. The zero-order valence-corrected chi connectivity index (χ0v) is 14.7. The Balaban J connectivity index is 1.42. The summed E-state index contributed by atoms with van der Waals surface area (Å²) < 4.78 is 1.10. The molecule has 1 saturated heterocycles. The van der Waals surface area contributed by atoms with Crippen molar-refractivity contribution in [3.63, 3.8) is 0 Å². The van der Waals surface area contributed by atoms with Gasteiger partial charge in [0.2, 0.25) is 0 Å². The smallest absolute Gasteiger partial charge is 0.255 e. The molecular formula is C20H19N3OS. The lowest BCUT2D eigenvalue weighted by Crippen LogP contribution is -2.31. The van der Waals surface area contributed by atoms with Gasteiger partial charge in [0.15, 0.2) is 0 Å². The zero-order chi connectivity index (χ0) is 16.8. The molecular weight excluding hydrogens is 330 g/mol. The molecule has 4 nitrogen and oxygen atoms in total. The molecule has 0 spiro atoms. The first-order valence-electron chi connectivity index (χ1n) is 8.79. The summed E-state index contributed by atoms with van der Waals surface area (Å²) in [6.07, 6.45) is 3.61. The molecule has 0 saturated carbocycles. The molecule has 2 aromatic carbocycles. The summed E-state index contributed by atoms with van der Waals surface area (Å²) in [6.45, 7) is 2.37. The van der Waals surface area contributed by atoms with Gasteiger partial charge < -0.3 is 5.32 Å². The first-order valence-corrected chi connectivity index (χ1v) is 9.67. The van der Waals surface area contributed by atoms with Gasteiger partial charge in [-0.3, -0.25) is 9.69 Å². The number of hydrogen-bond donors (Lipinski definition) is 1. The highest BCUT2D eigenvalue weighted by Crippen LogP contribution is 2.38. The molecule has 0 aliphatic carbocycles. The molecule has 2 aliphatic heterocycles. The topological polar surface area (TPSA) is 45.2 Å². The lowest BCUT2D eigenvalue weighted by Gasteiger charge is -2.32. The third kappa shape index (κ3) is 2.64. The van der Waals surface area contributed by atoms with E-state index in [1.165, 1.54) is 30.5 Å². The maximum Gasteiger partial charge on any atom is 0.255 e. The Morgan fingerprint density at radius 3 is 3.12 bits per heavy atom. The van der Waals surface area contributed by atoms with Gasteiger partial charge in [0, 0.05) is 23.8 Å². The van der Waals surface area contributed by atoms with Gasteiger partial charge >= 0.3 is 0 Å². The first kappa shape index (κ1) is 15.0. The molecule has 3 aromatic rings. The second-order valence-electron chi connectivity index (χ2n) is 6.85. The van der Waals surface area contributed by atoms with Crippen LogP contribution >= 0.6 is 11.3 Å². The lowest BCUT2D eigenvalue weighted by atomic mass is 9.92. The molecule has 1 fully saturated rings. The predicted molar refractivity (Wildman–Crippen MR) is 101 cm³/mol. The average Bonchev–Trinajstić information content (AvgIpc) is 3.30. The summed E-state index contributed by atoms with van der Waals surface area (Å²) in [5.41, 5.74) is 7.06. The largest absolute Gasteiger partial charge is 0.322 e. The highest BCUT2D eigenvalue weighted by Gasteiger charge is 2.31. The molecule has 0 radical (unpaired) electrons. The maximum atomic E-state index is 12.6. The molecule has 1 atom stereocenters. The average molecular weight is 349 g/mol. The van der Waals surface area contributed by atoms with Crippen molar-refractivity contribution in [2.75, 3.05) is 18.4 Å². The summed E-state index contributed by atoms with van der Waals surface area (Å²) in [7, 11) is 0. The number of nitrogens with zero attached hydrogens (tertiary/aromatic N) is 2. The van der Waals surface area contributed by atoms with Gasteiger partial charge in [-0.05, 0) is 67.3 Å². The number of hydrogen-bond acceptors (Lipinski definition) is 4. The minimum Gasteiger partial charge on any atom is -0.322 e. The van der Waals surface area contributed by atoms with E-state index < -0.39 is 0 Å². The molecule has 5 heteroatoms. The molecule has 1 N–H and O–H groups in total. The number of nitrogens with one attached hydrogen (secondary N) is 1. The van der Waals surface area contributed by atoms with Gasteiger partial charge in [-0.1, -0.05) is 6.07 Å². The van der Waals surface area contributed by atoms with E-state index in [1.807, 2.05) is 29.8 Å². The highest BCUT2D eigenvalue weighted by molar-refractivity contribution is 7.16. The van der Waals surface area contributed by atoms with Crippen LogP contribution in [0.2, 0.25) is 0 Å². The number of aromatic nitrogens is 1. The third-order valence-corrected chi connectivity index (χ3v) is 6.20. The van der Waals surface area contributed by atoms with E-state index in [0.29, 0.717) is 11.6 Å². The number of thiazole rings is 1. The Bertz CT molecular complexity index is 964. The maximum absolute atomic E-state index is 12.6. The molecule has 1 aromatic heterocycles. The van der Waals surface area contributed by atoms with E-state index in [-0.39, 0.29) is 5.91 Å². The molecule has 0 bridgehead atoms. The van der Waals surface area contributed by atoms with E-state index in [0.717, 1.165) is 28.9 Å². The molecule has 1 amide bonds. The number of benzene rings is 2. The van der Waals surface area contributed by atoms with Gasteiger partial charge in [0.25, 0.3) is 5.91 Å². The van der Waals surface area contributed by atoms with E-state index >= 15 is 0 Å². The Morgan fingerprint density at radius 1 is 1.20 bits per heavy atom. The van der Waals surface area contributed by atoms with Crippen molar-refractivity contribution in [2.24, 2.45) is 0 Å². The van der Waals surface area contributed by atoms with Crippen molar-refractivity contribution in [1.82, 2.24) is 9.88 Å². The van der Waals surface area contributed by atoms with Crippen molar-refractivity contribution in [2.45, 2.75) is 25.3 Å². The van der Waals surface area contributed by atoms with Crippen molar-refractivity contribution < 1.29 is 4.79 Å². The van der Waals surface area contributed by atoms with Gasteiger partial charge in [-0.25, -0.2) is 4.98 Å². The second kappa shape index (κ2) is 5.93. The van der Waals surface area contributed by atoms with E-state index in [4.69, 9.17) is 0 Å². The predicted octanol–water partition coefficient (Wildman–Crippen LogP) is 4.24. The molecule has 3 heterocycles. The standard InChI is InChI=1S/C20H19N3OS/c24-20(14-4-6-19-17(10-14)21-12-25-19)22-15-5-3-13-7-9-23-8-1-2-18(23)16(13)11-15/h3-6,10-12,18H,1-2,7-9H2,(H,22,24). The van der Waals surface area contributed by atoms with Crippen LogP contribution < -0.4 is 5.32 Å². The first-order chi connectivity index (χ1) is 12.3. The minimum absolute atomic E-state index is 0.0751. The molecule has 5 rings (SSSR count). The van der Waals surface area contributed by atoms with Crippen LogP contribution in [0.5, 0.6) is 0 Å². The van der Waals surface area contributed by atoms with Crippen LogP contribution in [0.25, 0.3) is 10.2 Å². The van der Waals surface area contributed by atoms with Gasteiger partial charge in [0.05, 0.1) is 15.7 Å². The van der Waals surface area contributed by atoms with Gasteiger partial charge in [0.1, 0.15) is 0 Å². The quantitative estimate of drug-likeness (QED) is 0.752. The number of amides is 1. The lowest BCUT2D eigenvalue weighted by molar-refractivity contribution is 0.102. The van der Waals surface area contributed by atoms with Crippen LogP contribution in [0.4, 0.5) is 5.69 Å². The van der Waals surface area contributed by atoms with Crippen LogP contribution in [-0.4, -0.2) is 28.9 Å². The summed E-state index contributed by atoms with van der Waals surface area (Å²) in [6, 6.07) is 12.6. The SMILES string of the molecule is O=C(Nc1ccc2c(c1)C1CCCN1CC2)c1ccc2scnc2c1. The minimum atomic E-state index is -0.0751. The van der Waals surface area contributed by atoms with Crippen LogP contribution in [0.15, 0.2) is 41.9 Å². The van der Waals surface area contributed by atoms with Crippen LogP contribution in [0, 0.1) is 0 Å². The van der Waals surface area contributed by atoms with E-state index in [2.05, 4.69) is 27.3 Å². The molecule has 1 unspecified atom stereocenters. The Hall–Kier alpha value is -2.24. The fourth-order valence-electron chi connectivity index (χ4n) is 4.12. The van der Waals surface area contributed by atoms with Gasteiger partial charge in [-0.2, -0.15) is 0 Å². The van der Waals surface area contributed by atoms with Gasteiger partial charge in [-0.15, -0.1) is 11.3 Å². The number of rotatable bonds is 2. The van der Waals surface area contributed by atoms with E-state index in [1.54, 1.807) is 11.3 Å². The molecule has 25 heavy (non-hydrogen) atoms. The molecule has 2 aliphatic rings.